The molecule has 0 aliphatic carbocycles. The maximum Gasteiger partial charge on any atom is 0.117 e. The minimum absolute atomic E-state index is 0.594. The van der Waals surface area contributed by atoms with Crippen molar-refractivity contribution in [1.29, 1.82) is 0 Å². The van der Waals surface area contributed by atoms with Gasteiger partial charge in [0, 0.05) is 12.6 Å². The molecule has 1 N–H and O–H groups in total. The Hall–Kier alpha value is -0.800. The number of aryl methyl sites for hydroxylation is 1. The summed E-state index contributed by atoms with van der Waals surface area (Å²) >= 11 is 0. The van der Waals surface area contributed by atoms with Crippen molar-refractivity contribution in [2.45, 2.75) is 46.2 Å². The first-order valence-electron chi connectivity index (χ1n) is 7.00. The molecule has 1 unspecified atom stereocenters. The largest absolute Gasteiger partial charge is 0.465 e. The lowest BCUT2D eigenvalue weighted by atomic mass is 9.93. The SMILES string of the molecule is CCC(CC)C(CNCc1ccc(C)o1)N(C)C. The molecule has 1 aromatic heterocycles. The van der Waals surface area contributed by atoms with Crippen molar-refractivity contribution in [2.75, 3.05) is 20.6 Å². The molecule has 0 saturated heterocycles. The number of nitrogens with one attached hydrogen (secondary N) is 1. The molecule has 0 aliphatic heterocycles. The molecule has 0 bridgehead atoms. The van der Waals surface area contributed by atoms with E-state index in [-0.39, 0.29) is 0 Å². The van der Waals surface area contributed by atoms with Crippen LogP contribution in [-0.2, 0) is 6.54 Å². The van der Waals surface area contributed by atoms with Gasteiger partial charge in [0.1, 0.15) is 11.5 Å². The molecular formula is C15H28N2O. The van der Waals surface area contributed by atoms with Crippen molar-refractivity contribution in [3.05, 3.63) is 23.7 Å². The second-order valence-corrected chi connectivity index (χ2v) is 5.25. The highest BCUT2D eigenvalue weighted by Crippen LogP contribution is 2.16. The van der Waals surface area contributed by atoms with E-state index in [1.165, 1.54) is 12.8 Å². The topological polar surface area (TPSA) is 28.4 Å². The van der Waals surface area contributed by atoms with Crippen LogP contribution in [0.2, 0.25) is 0 Å². The average molecular weight is 252 g/mol. The third-order valence-electron chi connectivity index (χ3n) is 3.70. The van der Waals surface area contributed by atoms with Crippen LogP contribution in [0.15, 0.2) is 16.5 Å². The monoisotopic (exact) mass is 252 g/mol. The molecule has 0 fully saturated rings. The second kappa shape index (κ2) is 7.59. The number of hydrogen-bond acceptors (Lipinski definition) is 3. The first-order valence-corrected chi connectivity index (χ1v) is 7.00. The highest BCUT2D eigenvalue weighted by molar-refractivity contribution is 5.05. The Bertz CT molecular complexity index is 329. The van der Waals surface area contributed by atoms with Gasteiger partial charge in [0.2, 0.25) is 0 Å². The van der Waals surface area contributed by atoms with Crippen molar-refractivity contribution in [2.24, 2.45) is 5.92 Å². The van der Waals surface area contributed by atoms with Gasteiger partial charge in [0.15, 0.2) is 0 Å². The Kier molecular flexibility index (Phi) is 6.44. The van der Waals surface area contributed by atoms with Crippen molar-refractivity contribution < 1.29 is 4.42 Å². The molecule has 1 aromatic rings. The fraction of sp³-hybridized carbons (Fsp3) is 0.733. The first-order chi connectivity index (χ1) is 8.58. The Labute approximate surface area is 112 Å². The standard InChI is InChI=1S/C15H28N2O/c1-6-13(7-2)15(17(4)5)11-16-10-14-9-8-12(3)18-14/h8-9,13,15-16H,6-7,10-11H2,1-5H3. The molecule has 0 aromatic carbocycles. The molecule has 18 heavy (non-hydrogen) atoms. The summed E-state index contributed by atoms with van der Waals surface area (Å²) in [5.41, 5.74) is 0. The lowest BCUT2D eigenvalue weighted by molar-refractivity contribution is 0.193. The molecule has 3 nitrogen and oxygen atoms in total. The summed E-state index contributed by atoms with van der Waals surface area (Å²) in [6.45, 7) is 8.37. The van der Waals surface area contributed by atoms with Crippen LogP contribution in [0.3, 0.4) is 0 Å². The highest BCUT2D eigenvalue weighted by Gasteiger charge is 2.20. The molecule has 1 atom stereocenters. The molecule has 0 aliphatic rings. The van der Waals surface area contributed by atoms with Crippen LogP contribution in [0.4, 0.5) is 0 Å². The molecule has 3 heteroatoms. The van der Waals surface area contributed by atoms with E-state index < -0.39 is 0 Å². The van der Waals surface area contributed by atoms with Gasteiger partial charge in [-0.05, 0) is 39.1 Å². The second-order valence-electron chi connectivity index (χ2n) is 5.25. The van der Waals surface area contributed by atoms with Crippen LogP contribution < -0.4 is 5.32 Å². The molecule has 0 spiro atoms. The minimum Gasteiger partial charge on any atom is -0.465 e. The van der Waals surface area contributed by atoms with E-state index >= 15 is 0 Å². The molecule has 0 radical (unpaired) electrons. The fourth-order valence-corrected chi connectivity index (χ4v) is 2.53. The van der Waals surface area contributed by atoms with Gasteiger partial charge in [0.25, 0.3) is 0 Å². The van der Waals surface area contributed by atoms with Gasteiger partial charge in [-0.2, -0.15) is 0 Å². The average Bonchev–Trinajstić information content (AvgIpc) is 2.74. The van der Waals surface area contributed by atoms with E-state index in [2.05, 4.69) is 38.2 Å². The Balaban J connectivity index is 2.42. The first kappa shape index (κ1) is 15.3. The zero-order valence-corrected chi connectivity index (χ0v) is 12.5. The van der Waals surface area contributed by atoms with E-state index in [0.717, 1.165) is 30.5 Å². The van der Waals surface area contributed by atoms with E-state index in [1.54, 1.807) is 0 Å². The normalized spacial score (nSPS) is 13.5. The van der Waals surface area contributed by atoms with Crippen LogP contribution in [0.25, 0.3) is 0 Å². The number of rotatable bonds is 8. The van der Waals surface area contributed by atoms with Crippen molar-refractivity contribution in [1.82, 2.24) is 10.2 Å². The number of furan rings is 1. The van der Waals surface area contributed by atoms with Gasteiger partial charge < -0.3 is 14.6 Å². The molecule has 1 heterocycles. The zero-order valence-electron chi connectivity index (χ0n) is 12.5. The van der Waals surface area contributed by atoms with Crippen molar-refractivity contribution in [3.63, 3.8) is 0 Å². The van der Waals surface area contributed by atoms with Crippen LogP contribution in [0, 0.1) is 12.8 Å². The fourth-order valence-electron chi connectivity index (χ4n) is 2.53. The Morgan fingerprint density at radius 3 is 2.33 bits per heavy atom. The van der Waals surface area contributed by atoms with Gasteiger partial charge in [-0.25, -0.2) is 0 Å². The lowest BCUT2D eigenvalue weighted by Gasteiger charge is -2.31. The van der Waals surface area contributed by atoms with Gasteiger partial charge in [-0.3, -0.25) is 0 Å². The summed E-state index contributed by atoms with van der Waals surface area (Å²) in [5.74, 6) is 2.76. The number of likely N-dealkylation sites (N-methyl/N-ethyl adjacent to an activating group) is 1. The number of hydrogen-bond donors (Lipinski definition) is 1. The van der Waals surface area contributed by atoms with Gasteiger partial charge in [-0.1, -0.05) is 26.7 Å². The lowest BCUT2D eigenvalue weighted by Crippen LogP contribution is -2.42. The van der Waals surface area contributed by atoms with Crippen LogP contribution in [0.5, 0.6) is 0 Å². The third-order valence-corrected chi connectivity index (χ3v) is 3.70. The van der Waals surface area contributed by atoms with E-state index in [9.17, 15) is 0 Å². The maximum atomic E-state index is 5.56. The zero-order chi connectivity index (χ0) is 13.5. The van der Waals surface area contributed by atoms with Crippen LogP contribution >= 0.6 is 0 Å². The molecule has 0 amide bonds. The summed E-state index contributed by atoms with van der Waals surface area (Å²) in [6.07, 6.45) is 2.47. The van der Waals surface area contributed by atoms with E-state index in [0.29, 0.717) is 6.04 Å². The third kappa shape index (κ3) is 4.46. The quantitative estimate of drug-likeness (QED) is 0.771. The Morgan fingerprint density at radius 1 is 1.22 bits per heavy atom. The summed E-state index contributed by atoms with van der Waals surface area (Å²) in [7, 11) is 4.34. The molecule has 0 saturated carbocycles. The highest BCUT2D eigenvalue weighted by atomic mass is 16.3. The van der Waals surface area contributed by atoms with Gasteiger partial charge in [-0.15, -0.1) is 0 Å². The summed E-state index contributed by atoms with van der Waals surface area (Å²) < 4.78 is 5.56. The molecule has 104 valence electrons. The van der Waals surface area contributed by atoms with Crippen molar-refractivity contribution in [3.8, 4) is 0 Å². The Morgan fingerprint density at radius 2 is 1.89 bits per heavy atom. The predicted octanol–water partition coefficient (Wildman–Crippen LogP) is 3.04. The smallest absolute Gasteiger partial charge is 0.117 e. The van der Waals surface area contributed by atoms with Gasteiger partial charge >= 0.3 is 0 Å². The van der Waals surface area contributed by atoms with E-state index in [1.807, 2.05) is 19.1 Å². The summed E-state index contributed by atoms with van der Waals surface area (Å²) in [6, 6.07) is 4.65. The number of nitrogens with zero attached hydrogens (tertiary/aromatic N) is 1. The maximum absolute atomic E-state index is 5.56. The van der Waals surface area contributed by atoms with E-state index in [4.69, 9.17) is 4.42 Å². The molecular weight excluding hydrogens is 224 g/mol. The van der Waals surface area contributed by atoms with Crippen LogP contribution in [-0.4, -0.2) is 31.6 Å². The predicted molar refractivity (Wildman–Crippen MR) is 76.7 cm³/mol. The minimum atomic E-state index is 0.594. The molecule has 1 rings (SSSR count). The van der Waals surface area contributed by atoms with Crippen molar-refractivity contribution >= 4 is 0 Å². The van der Waals surface area contributed by atoms with Crippen LogP contribution in [0.1, 0.15) is 38.2 Å². The summed E-state index contributed by atoms with van der Waals surface area (Å²) in [5, 5.41) is 3.51. The van der Waals surface area contributed by atoms with Gasteiger partial charge in [0.05, 0.1) is 6.54 Å². The summed E-state index contributed by atoms with van der Waals surface area (Å²) in [4.78, 5) is 2.33.